The van der Waals surface area contributed by atoms with Crippen LogP contribution in [0.4, 0.5) is 0 Å². The lowest BCUT2D eigenvalue weighted by atomic mass is 9.39. The zero-order valence-electron chi connectivity index (χ0n) is 23.3. The molecule has 9 atom stereocenters. The number of aliphatic hydroxyl groups excluding tert-OH is 1. The normalized spacial score (nSPS) is 47.0. The maximum absolute atomic E-state index is 13.7. The van der Waals surface area contributed by atoms with Crippen molar-refractivity contribution in [3.8, 4) is 0 Å². The Balaban J connectivity index is 1.37. The smallest absolute Gasteiger partial charge is 0.252 e. The van der Waals surface area contributed by atoms with Crippen molar-refractivity contribution in [2.24, 2.45) is 28.6 Å². The monoisotopic (exact) mass is 521 g/mol. The van der Waals surface area contributed by atoms with Gasteiger partial charge in [-0.3, -0.25) is 4.79 Å². The molecule has 0 radical (unpaired) electrons. The molecule has 2 saturated heterocycles. The summed E-state index contributed by atoms with van der Waals surface area (Å²) in [7, 11) is 0. The topological polar surface area (TPSA) is 59.0 Å². The molecule has 0 aromatic rings. The van der Waals surface area contributed by atoms with Gasteiger partial charge in [-0.25, -0.2) is 0 Å². The minimum absolute atomic E-state index is 0.0196. The van der Waals surface area contributed by atoms with E-state index >= 15 is 0 Å². The van der Waals surface area contributed by atoms with Gasteiger partial charge in [-0.05, 0) is 113 Å². The van der Waals surface area contributed by atoms with Gasteiger partial charge in [-0.1, -0.05) is 13.8 Å². The predicted molar refractivity (Wildman–Crippen MR) is 146 cm³/mol. The fourth-order valence-electron chi connectivity index (χ4n) is 10.0. The van der Waals surface area contributed by atoms with Gasteiger partial charge in [0, 0.05) is 29.9 Å². The number of thioether (sulfide) groups is 1. The van der Waals surface area contributed by atoms with Crippen LogP contribution < -0.4 is 0 Å². The highest BCUT2D eigenvalue weighted by Gasteiger charge is 2.66. The van der Waals surface area contributed by atoms with Crippen LogP contribution in [-0.2, 0) is 14.3 Å². The van der Waals surface area contributed by atoms with Gasteiger partial charge in [0.1, 0.15) is 6.10 Å². The lowest BCUT2D eigenvalue weighted by Gasteiger charge is -2.69. The zero-order chi connectivity index (χ0) is 25.6. The molecule has 3 saturated carbocycles. The van der Waals surface area contributed by atoms with Gasteiger partial charge in [-0.2, -0.15) is 11.8 Å². The highest BCUT2D eigenvalue weighted by Crippen LogP contribution is 2.69. The SMILES string of the molecule is CCC12CCC3C4CCCN(C(=O)C5CCCCO5)C4(C)CCC3C1(C)CCC(OCCSC)C2O. The van der Waals surface area contributed by atoms with Crippen molar-refractivity contribution in [3.63, 3.8) is 0 Å². The van der Waals surface area contributed by atoms with Crippen LogP contribution >= 0.6 is 11.8 Å². The van der Waals surface area contributed by atoms with Crippen molar-refractivity contribution in [3.05, 3.63) is 0 Å². The third kappa shape index (κ3) is 4.19. The lowest BCUT2D eigenvalue weighted by Crippen LogP contribution is -2.69. The van der Waals surface area contributed by atoms with Crippen molar-refractivity contribution in [2.75, 3.05) is 31.8 Å². The van der Waals surface area contributed by atoms with E-state index < -0.39 is 0 Å². The number of carbonyl (C=O) groups excluding carboxylic acids is 1. The summed E-state index contributed by atoms with van der Waals surface area (Å²) in [6, 6.07) is 0. The van der Waals surface area contributed by atoms with Crippen LogP contribution in [0.5, 0.6) is 0 Å². The number of rotatable bonds is 6. The van der Waals surface area contributed by atoms with Crippen LogP contribution in [0.2, 0.25) is 0 Å². The fourth-order valence-corrected chi connectivity index (χ4v) is 10.3. The Kier molecular flexibility index (Phi) is 8.10. The number of hydrogen-bond acceptors (Lipinski definition) is 5. The first-order chi connectivity index (χ1) is 17.3. The van der Waals surface area contributed by atoms with Gasteiger partial charge in [0.25, 0.3) is 5.91 Å². The standard InChI is InChI=1S/C30H51NO4S/c1-5-30-16-11-21-22(28(30,2)14-13-24(26(30)32)35-19-20-36-4)12-15-29(3)23(21)9-8-17-31(29)27(33)25-10-6-7-18-34-25/h21-26,32H,5-20H2,1-4H3. The molecule has 1 amide bonds. The summed E-state index contributed by atoms with van der Waals surface area (Å²) in [5.41, 5.74) is 0.0461. The van der Waals surface area contributed by atoms with Gasteiger partial charge in [0.05, 0.1) is 18.8 Å². The largest absolute Gasteiger partial charge is 0.390 e. The Labute approximate surface area is 223 Å². The van der Waals surface area contributed by atoms with E-state index in [0.717, 1.165) is 83.3 Å². The molecule has 5 aliphatic rings. The Morgan fingerprint density at radius 3 is 2.61 bits per heavy atom. The van der Waals surface area contributed by atoms with Gasteiger partial charge < -0.3 is 19.5 Å². The van der Waals surface area contributed by atoms with Gasteiger partial charge in [0.15, 0.2) is 0 Å². The van der Waals surface area contributed by atoms with E-state index in [1.807, 2.05) is 11.8 Å². The number of piperidine rings is 1. The van der Waals surface area contributed by atoms with Crippen molar-refractivity contribution >= 4 is 17.7 Å². The summed E-state index contributed by atoms with van der Waals surface area (Å²) in [6.07, 6.45) is 14.7. The van der Waals surface area contributed by atoms with Gasteiger partial charge in [-0.15, -0.1) is 0 Å². The molecule has 0 aromatic heterocycles. The molecule has 0 spiro atoms. The van der Waals surface area contributed by atoms with E-state index in [1.165, 1.54) is 19.3 Å². The van der Waals surface area contributed by atoms with E-state index in [1.54, 1.807) is 0 Å². The summed E-state index contributed by atoms with van der Waals surface area (Å²) in [6.45, 7) is 9.61. The first-order valence-electron chi connectivity index (χ1n) is 15.0. The number of fused-ring (bicyclic) bond motifs is 5. The summed E-state index contributed by atoms with van der Waals surface area (Å²) < 4.78 is 12.2. The summed E-state index contributed by atoms with van der Waals surface area (Å²) >= 11 is 1.81. The first kappa shape index (κ1) is 27.3. The average molecular weight is 522 g/mol. The Morgan fingerprint density at radius 1 is 1.06 bits per heavy atom. The molecule has 0 aromatic carbocycles. The molecule has 6 heteroatoms. The number of likely N-dealkylation sites (tertiary alicyclic amines) is 1. The number of carbonyl (C=O) groups is 1. The quantitative estimate of drug-likeness (QED) is 0.456. The summed E-state index contributed by atoms with van der Waals surface area (Å²) in [5.74, 6) is 3.11. The third-order valence-corrected chi connectivity index (χ3v) is 12.6. The Morgan fingerprint density at radius 2 is 1.89 bits per heavy atom. The predicted octanol–water partition coefficient (Wildman–Crippen LogP) is 5.68. The molecule has 3 aliphatic carbocycles. The molecule has 5 rings (SSSR count). The fraction of sp³-hybridized carbons (Fsp3) is 0.967. The average Bonchev–Trinajstić information content (AvgIpc) is 2.89. The van der Waals surface area contributed by atoms with Gasteiger partial charge in [0.2, 0.25) is 0 Å². The second-order valence-electron chi connectivity index (χ2n) is 13.1. The molecular formula is C30H51NO4S. The second-order valence-corrected chi connectivity index (χ2v) is 14.1. The number of amides is 1. The van der Waals surface area contributed by atoms with E-state index in [0.29, 0.717) is 17.8 Å². The third-order valence-electron chi connectivity index (χ3n) is 12.0. The number of hydrogen-bond donors (Lipinski definition) is 1. The Bertz CT molecular complexity index is 789. The second kappa shape index (κ2) is 10.7. The number of aliphatic hydroxyl groups is 1. The van der Waals surface area contributed by atoms with E-state index in [4.69, 9.17) is 9.47 Å². The molecule has 5 nitrogen and oxygen atoms in total. The minimum Gasteiger partial charge on any atom is -0.390 e. The molecular weight excluding hydrogens is 470 g/mol. The first-order valence-corrected chi connectivity index (χ1v) is 16.4. The van der Waals surface area contributed by atoms with E-state index in [9.17, 15) is 9.90 Å². The van der Waals surface area contributed by atoms with E-state index in [-0.39, 0.29) is 40.6 Å². The zero-order valence-corrected chi connectivity index (χ0v) is 24.1. The van der Waals surface area contributed by atoms with Crippen molar-refractivity contribution in [1.82, 2.24) is 4.90 Å². The van der Waals surface area contributed by atoms with Crippen molar-refractivity contribution in [2.45, 2.75) is 122 Å². The minimum atomic E-state index is -0.370. The highest BCUT2D eigenvalue weighted by atomic mass is 32.2. The van der Waals surface area contributed by atoms with Gasteiger partial charge >= 0.3 is 0 Å². The van der Waals surface area contributed by atoms with E-state index in [2.05, 4.69) is 31.9 Å². The molecule has 2 heterocycles. The lowest BCUT2D eigenvalue weighted by molar-refractivity contribution is -0.242. The highest BCUT2D eigenvalue weighted by molar-refractivity contribution is 7.98. The van der Waals surface area contributed by atoms with Crippen LogP contribution in [0.15, 0.2) is 0 Å². The molecule has 5 fully saturated rings. The maximum atomic E-state index is 13.7. The van der Waals surface area contributed by atoms with Crippen LogP contribution in [0, 0.1) is 28.6 Å². The molecule has 0 bridgehead atoms. The summed E-state index contributed by atoms with van der Waals surface area (Å²) in [4.78, 5) is 16.0. The maximum Gasteiger partial charge on any atom is 0.252 e. The van der Waals surface area contributed by atoms with Crippen LogP contribution in [0.25, 0.3) is 0 Å². The molecule has 9 unspecified atom stereocenters. The van der Waals surface area contributed by atoms with Crippen LogP contribution in [0.1, 0.15) is 97.8 Å². The number of nitrogens with zero attached hydrogens (tertiary/aromatic N) is 1. The van der Waals surface area contributed by atoms with Crippen LogP contribution in [-0.4, -0.2) is 71.5 Å². The number of ether oxygens (including phenoxy) is 2. The van der Waals surface area contributed by atoms with Crippen molar-refractivity contribution in [1.29, 1.82) is 0 Å². The summed E-state index contributed by atoms with van der Waals surface area (Å²) in [5, 5.41) is 11.8. The molecule has 36 heavy (non-hydrogen) atoms. The van der Waals surface area contributed by atoms with Crippen LogP contribution in [0.3, 0.4) is 0 Å². The van der Waals surface area contributed by atoms with Crippen molar-refractivity contribution < 1.29 is 19.4 Å². The molecule has 1 N–H and O–H groups in total. The molecule has 2 aliphatic heterocycles. The Hall–Kier alpha value is -0.300. The molecule has 206 valence electrons.